The van der Waals surface area contributed by atoms with Gasteiger partial charge in [-0.25, -0.2) is 4.98 Å². The Kier molecular flexibility index (Phi) is 7.70. The van der Waals surface area contributed by atoms with Gasteiger partial charge in [0.25, 0.3) is 0 Å². The molecular weight excluding hydrogens is 472 g/mol. The van der Waals surface area contributed by atoms with E-state index in [-0.39, 0.29) is 17.8 Å². The van der Waals surface area contributed by atoms with Gasteiger partial charge in [-0.1, -0.05) is 42.0 Å². The molecule has 0 radical (unpaired) electrons. The highest BCUT2D eigenvalue weighted by molar-refractivity contribution is 6.30. The van der Waals surface area contributed by atoms with Crippen LogP contribution in [0.3, 0.4) is 0 Å². The lowest BCUT2D eigenvalue weighted by atomic mass is 9.85. The number of hydrogen-bond acceptors (Lipinski definition) is 6. The molecule has 1 fully saturated rings. The molecule has 188 valence electrons. The zero-order valence-corrected chi connectivity index (χ0v) is 21.3. The number of methoxy groups -OCH3 is 1. The maximum absolute atomic E-state index is 6.91. The maximum atomic E-state index is 6.91. The first-order valence-electron chi connectivity index (χ1n) is 12.5. The van der Waals surface area contributed by atoms with E-state index in [1.54, 1.807) is 13.3 Å². The summed E-state index contributed by atoms with van der Waals surface area (Å²) >= 11 is 6.05. The Morgan fingerprint density at radius 1 is 1.19 bits per heavy atom. The molecule has 3 aliphatic rings. The Morgan fingerprint density at radius 3 is 2.72 bits per heavy atom. The number of nitrogens with one attached hydrogen (secondary N) is 2. The minimum absolute atomic E-state index is 0.107. The van der Waals surface area contributed by atoms with Crippen molar-refractivity contribution in [2.75, 3.05) is 20.2 Å². The molecule has 6 nitrogen and oxygen atoms in total. The molecular formula is C29H33ClN4O2. The van der Waals surface area contributed by atoms with Gasteiger partial charge in [0.1, 0.15) is 11.9 Å². The molecule has 0 bridgehead atoms. The van der Waals surface area contributed by atoms with Gasteiger partial charge in [-0.2, -0.15) is 0 Å². The lowest BCUT2D eigenvalue weighted by molar-refractivity contribution is 0.164. The summed E-state index contributed by atoms with van der Waals surface area (Å²) in [5, 5.41) is 7.96. The van der Waals surface area contributed by atoms with Crippen LogP contribution in [0, 0.1) is 0 Å². The summed E-state index contributed by atoms with van der Waals surface area (Å²) < 4.78 is 11.9. The second-order valence-corrected chi connectivity index (χ2v) is 10.0. The average Bonchev–Trinajstić information content (AvgIpc) is 3.03. The Bertz CT molecular complexity index is 1190. The van der Waals surface area contributed by atoms with Crippen molar-refractivity contribution in [1.82, 2.24) is 15.6 Å². The number of hydrogen-bond donors (Lipinski definition) is 3. The number of fused-ring (bicyclic) bond motifs is 2. The van der Waals surface area contributed by atoms with Gasteiger partial charge in [0, 0.05) is 35.0 Å². The van der Waals surface area contributed by atoms with Crippen LogP contribution in [0.1, 0.15) is 43.0 Å². The van der Waals surface area contributed by atoms with Gasteiger partial charge >= 0.3 is 0 Å². The lowest BCUT2D eigenvalue weighted by Gasteiger charge is -2.34. The van der Waals surface area contributed by atoms with E-state index >= 15 is 0 Å². The predicted octanol–water partition coefficient (Wildman–Crippen LogP) is 5.06. The Hall–Kier alpha value is -2.74. The van der Waals surface area contributed by atoms with E-state index in [1.807, 2.05) is 36.4 Å². The van der Waals surface area contributed by atoms with Crippen LogP contribution >= 0.6 is 11.6 Å². The SMILES string of the molecule is COC1C=CC=C2Oc3ncccc3C(=CCCC3(N)CCNC(c4ccc(Cl)cc4)NCC3)C=C21. The van der Waals surface area contributed by atoms with Crippen LogP contribution in [-0.2, 0) is 4.74 Å². The predicted molar refractivity (Wildman–Crippen MR) is 145 cm³/mol. The van der Waals surface area contributed by atoms with Crippen LogP contribution in [0.4, 0.5) is 0 Å². The van der Waals surface area contributed by atoms with Crippen LogP contribution in [0.25, 0.3) is 5.57 Å². The van der Waals surface area contributed by atoms with Crippen molar-refractivity contribution < 1.29 is 9.47 Å². The molecule has 7 heteroatoms. The van der Waals surface area contributed by atoms with Gasteiger partial charge in [-0.3, -0.25) is 10.6 Å². The summed E-state index contributed by atoms with van der Waals surface area (Å²) in [7, 11) is 1.71. The third kappa shape index (κ3) is 5.64. The summed E-state index contributed by atoms with van der Waals surface area (Å²) in [6.45, 7) is 1.68. The molecule has 0 saturated carbocycles. The monoisotopic (exact) mass is 504 g/mol. The first kappa shape index (κ1) is 24.9. The van der Waals surface area contributed by atoms with Crippen LogP contribution in [0.2, 0.25) is 5.02 Å². The molecule has 1 saturated heterocycles. The summed E-state index contributed by atoms with van der Waals surface area (Å²) in [6.07, 6.45) is 15.7. The number of benzene rings is 1. The number of pyridine rings is 1. The lowest BCUT2D eigenvalue weighted by Crippen LogP contribution is -2.49. The summed E-state index contributed by atoms with van der Waals surface area (Å²) in [5.41, 5.74) is 10.9. The standard InChI is InChI=1S/C29H33ClN4O2/c1-35-25-7-2-8-26-24(25)19-21(23-6-4-16-34-28(23)36-26)5-3-13-29(31)14-17-32-27(33-18-15-29)20-9-11-22(30)12-10-20/h2,4-12,16,19,25,27,32-33H,3,13-15,17-18,31H2,1H3. The van der Waals surface area contributed by atoms with Crippen molar-refractivity contribution in [3.8, 4) is 5.88 Å². The van der Waals surface area contributed by atoms with E-state index in [0.717, 1.165) is 66.3 Å². The van der Waals surface area contributed by atoms with Crippen molar-refractivity contribution in [3.63, 3.8) is 0 Å². The topological polar surface area (TPSA) is 81.4 Å². The minimum Gasteiger partial charge on any atom is -0.438 e. The minimum atomic E-state index is -0.248. The number of nitrogens with two attached hydrogens (primary N) is 1. The van der Waals surface area contributed by atoms with E-state index in [1.165, 1.54) is 5.56 Å². The van der Waals surface area contributed by atoms with Crippen molar-refractivity contribution in [1.29, 1.82) is 0 Å². The van der Waals surface area contributed by atoms with Crippen LogP contribution in [0.15, 0.2) is 84.3 Å². The van der Waals surface area contributed by atoms with E-state index < -0.39 is 0 Å². The number of nitrogens with zero attached hydrogens (tertiary/aromatic N) is 1. The molecule has 2 aliphatic heterocycles. The fourth-order valence-electron chi connectivity index (χ4n) is 5.03. The second kappa shape index (κ2) is 11.1. The normalized spacial score (nSPS) is 27.0. The summed E-state index contributed by atoms with van der Waals surface area (Å²) in [6, 6.07) is 12.0. The molecule has 1 aliphatic carbocycles. The molecule has 4 N–H and O–H groups in total. The molecule has 1 unspecified atom stereocenters. The van der Waals surface area contributed by atoms with E-state index in [4.69, 9.17) is 26.8 Å². The molecule has 5 rings (SSSR count). The first-order valence-corrected chi connectivity index (χ1v) is 12.9. The molecule has 1 aromatic heterocycles. The molecule has 36 heavy (non-hydrogen) atoms. The first-order chi connectivity index (χ1) is 17.5. The zero-order valence-electron chi connectivity index (χ0n) is 20.5. The highest BCUT2D eigenvalue weighted by Gasteiger charge is 2.28. The number of allylic oxidation sites excluding steroid dienone is 5. The quantitative estimate of drug-likeness (QED) is 0.528. The highest BCUT2D eigenvalue weighted by Crippen LogP contribution is 2.37. The molecule has 1 atom stereocenters. The van der Waals surface area contributed by atoms with Gasteiger partial charge in [0.2, 0.25) is 5.88 Å². The largest absolute Gasteiger partial charge is 0.438 e. The average molecular weight is 505 g/mol. The summed E-state index contributed by atoms with van der Waals surface area (Å²) in [5.74, 6) is 1.39. The zero-order chi connectivity index (χ0) is 25.0. The summed E-state index contributed by atoms with van der Waals surface area (Å²) in [4.78, 5) is 4.49. The van der Waals surface area contributed by atoms with Gasteiger partial charge in [-0.05, 0) is 86.3 Å². The Morgan fingerprint density at radius 2 is 1.97 bits per heavy atom. The van der Waals surface area contributed by atoms with E-state index in [9.17, 15) is 0 Å². The Labute approximate surface area is 217 Å². The fourth-order valence-corrected chi connectivity index (χ4v) is 5.16. The molecule has 0 amide bonds. The molecule has 3 heterocycles. The number of halogens is 1. The molecule has 0 spiro atoms. The van der Waals surface area contributed by atoms with E-state index in [2.05, 4.69) is 46.0 Å². The van der Waals surface area contributed by atoms with Gasteiger partial charge < -0.3 is 15.2 Å². The highest BCUT2D eigenvalue weighted by atomic mass is 35.5. The van der Waals surface area contributed by atoms with Gasteiger partial charge in [0.15, 0.2) is 0 Å². The third-order valence-corrected chi connectivity index (χ3v) is 7.38. The van der Waals surface area contributed by atoms with Gasteiger partial charge in [-0.15, -0.1) is 0 Å². The number of ether oxygens (including phenoxy) is 2. The smallest absolute Gasteiger partial charge is 0.227 e. The van der Waals surface area contributed by atoms with Gasteiger partial charge in [0.05, 0.1) is 6.17 Å². The Balaban J connectivity index is 1.28. The van der Waals surface area contributed by atoms with Crippen molar-refractivity contribution in [2.24, 2.45) is 5.73 Å². The molecule has 2 aromatic rings. The van der Waals surface area contributed by atoms with Crippen LogP contribution < -0.4 is 21.1 Å². The van der Waals surface area contributed by atoms with Crippen LogP contribution in [-0.4, -0.2) is 36.8 Å². The van der Waals surface area contributed by atoms with Crippen molar-refractivity contribution in [2.45, 2.75) is 43.5 Å². The number of aromatic nitrogens is 1. The maximum Gasteiger partial charge on any atom is 0.227 e. The third-order valence-electron chi connectivity index (χ3n) is 7.13. The van der Waals surface area contributed by atoms with E-state index in [0.29, 0.717) is 5.88 Å². The van der Waals surface area contributed by atoms with Crippen molar-refractivity contribution in [3.05, 3.63) is 100 Å². The fraction of sp³-hybridized carbons (Fsp3) is 0.345. The van der Waals surface area contributed by atoms with Crippen LogP contribution in [0.5, 0.6) is 5.88 Å². The second-order valence-electron chi connectivity index (χ2n) is 9.58. The number of rotatable bonds is 5. The van der Waals surface area contributed by atoms with Crippen molar-refractivity contribution >= 4 is 17.2 Å². The molecule has 1 aromatic carbocycles.